The Kier molecular flexibility index (Phi) is 10.1. The number of ketones is 1. The van der Waals surface area contributed by atoms with Gasteiger partial charge in [-0.25, -0.2) is 4.79 Å². The highest BCUT2D eigenvalue weighted by molar-refractivity contribution is 6.01. The summed E-state index contributed by atoms with van der Waals surface area (Å²) in [7, 11) is 0. The minimum absolute atomic E-state index is 0.0177. The van der Waals surface area contributed by atoms with Crippen molar-refractivity contribution in [2.45, 2.75) is 77.0 Å². The van der Waals surface area contributed by atoms with Gasteiger partial charge in [-0.2, -0.15) is 0 Å². The van der Waals surface area contributed by atoms with Crippen LogP contribution < -0.4 is 10.6 Å². The molecule has 0 radical (unpaired) electrons. The van der Waals surface area contributed by atoms with E-state index in [4.69, 9.17) is 0 Å². The van der Waals surface area contributed by atoms with Crippen molar-refractivity contribution in [3.05, 3.63) is 0 Å². The molecule has 0 bridgehead atoms. The Balaban J connectivity index is 1.60. The normalized spacial score (nSPS) is 18.0. The first-order valence-electron chi connectivity index (χ1n) is 11.0. The van der Waals surface area contributed by atoms with Crippen LogP contribution in [-0.4, -0.2) is 53.5 Å². The van der Waals surface area contributed by atoms with Crippen molar-refractivity contribution in [3.63, 3.8) is 0 Å². The van der Waals surface area contributed by atoms with Crippen molar-refractivity contribution in [1.29, 1.82) is 0 Å². The zero-order valence-corrected chi connectivity index (χ0v) is 17.8. The first kappa shape index (κ1) is 24.5. The Labute approximate surface area is 181 Å². The number of imide groups is 1. The molecule has 2 N–H and O–H groups in total. The van der Waals surface area contributed by atoms with Gasteiger partial charge in [0.1, 0.15) is 12.3 Å². The molecule has 1 heterocycles. The first-order valence-corrected chi connectivity index (χ1v) is 11.0. The summed E-state index contributed by atoms with van der Waals surface area (Å²) >= 11 is 0. The third kappa shape index (κ3) is 8.85. The van der Waals surface area contributed by atoms with E-state index in [1.54, 1.807) is 0 Å². The van der Waals surface area contributed by atoms with E-state index in [0.717, 1.165) is 38.5 Å². The summed E-state index contributed by atoms with van der Waals surface area (Å²) in [6, 6.07) is 0. The molecule has 0 aromatic rings. The van der Waals surface area contributed by atoms with Crippen LogP contribution in [-0.2, 0) is 33.6 Å². The van der Waals surface area contributed by atoms with Gasteiger partial charge in [0.2, 0.25) is 11.8 Å². The van der Waals surface area contributed by atoms with Crippen LogP contribution in [0, 0.1) is 5.92 Å². The minimum atomic E-state index is -0.969. The summed E-state index contributed by atoms with van der Waals surface area (Å²) in [5.74, 6) is -3.11. The fourth-order valence-electron chi connectivity index (χ4n) is 3.69. The van der Waals surface area contributed by atoms with Crippen LogP contribution in [0.15, 0.2) is 0 Å². The number of carbonyl (C=O) groups excluding carboxylic acids is 6. The van der Waals surface area contributed by atoms with Gasteiger partial charge in [0, 0.05) is 31.6 Å². The van der Waals surface area contributed by atoms with Crippen molar-refractivity contribution in [2.75, 3.05) is 13.1 Å². The van der Waals surface area contributed by atoms with Gasteiger partial charge in [-0.05, 0) is 12.8 Å². The highest BCUT2D eigenvalue weighted by Crippen LogP contribution is 2.23. The Bertz CT molecular complexity index is 681. The van der Waals surface area contributed by atoms with E-state index in [1.165, 1.54) is 12.8 Å². The third-order valence-corrected chi connectivity index (χ3v) is 5.48. The van der Waals surface area contributed by atoms with Crippen molar-refractivity contribution in [2.24, 2.45) is 5.92 Å². The van der Waals surface area contributed by atoms with E-state index in [-0.39, 0.29) is 43.9 Å². The molecule has 31 heavy (non-hydrogen) atoms. The van der Waals surface area contributed by atoms with Crippen LogP contribution in [0.2, 0.25) is 0 Å². The largest absolute Gasteiger partial charge is 0.352 e. The lowest BCUT2D eigenvalue weighted by Gasteiger charge is -2.14. The average molecular weight is 437 g/mol. The molecule has 2 fully saturated rings. The zero-order chi connectivity index (χ0) is 22.6. The molecule has 2 rings (SSSR count). The van der Waals surface area contributed by atoms with Gasteiger partial charge >= 0.3 is 5.97 Å². The molecule has 0 atom stereocenters. The number of nitrogens with zero attached hydrogens (tertiary/aromatic N) is 1. The predicted octanol–water partition coefficient (Wildman–Crippen LogP) is 0.926. The van der Waals surface area contributed by atoms with Crippen molar-refractivity contribution >= 4 is 35.4 Å². The second-order valence-corrected chi connectivity index (χ2v) is 7.96. The fourth-order valence-corrected chi connectivity index (χ4v) is 3.69. The number of hydrogen-bond acceptors (Lipinski definition) is 7. The monoisotopic (exact) mass is 437 g/mol. The molecule has 1 aliphatic heterocycles. The summed E-state index contributed by atoms with van der Waals surface area (Å²) in [6.07, 6.45) is 8.73. The highest BCUT2D eigenvalue weighted by atomic mass is 16.7. The number of nitrogens with one attached hydrogen (secondary N) is 2. The number of hydroxylamine groups is 2. The second kappa shape index (κ2) is 12.8. The molecule has 10 nitrogen and oxygen atoms in total. The molecule has 0 aromatic heterocycles. The van der Waals surface area contributed by atoms with Gasteiger partial charge in [0.25, 0.3) is 11.8 Å². The Morgan fingerprint density at radius 3 is 1.94 bits per heavy atom. The van der Waals surface area contributed by atoms with Crippen molar-refractivity contribution in [3.8, 4) is 0 Å². The third-order valence-electron chi connectivity index (χ3n) is 5.48. The number of Topliss-reactive ketones (excluding diaryl/α,β-unsaturated/α-hetero) is 1. The number of rotatable bonds is 9. The number of carbonyl (C=O) groups is 6. The zero-order valence-electron chi connectivity index (χ0n) is 17.8. The molecule has 172 valence electrons. The fraction of sp³-hybridized carbons (Fsp3) is 0.714. The number of amides is 4. The predicted molar refractivity (Wildman–Crippen MR) is 108 cm³/mol. The van der Waals surface area contributed by atoms with Gasteiger partial charge in [-0.1, -0.05) is 38.5 Å². The molecule has 4 amide bonds. The van der Waals surface area contributed by atoms with E-state index in [0.29, 0.717) is 5.06 Å². The molecular weight excluding hydrogens is 406 g/mol. The van der Waals surface area contributed by atoms with Gasteiger partial charge in [-0.15, -0.1) is 5.06 Å². The van der Waals surface area contributed by atoms with Crippen LogP contribution in [0.1, 0.15) is 77.0 Å². The van der Waals surface area contributed by atoms with E-state index >= 15 is 0 Å². The maximum Gasteiger partial charge on any atom is 0.352 e. The Hall–Kier alpha value is -2.78. The SMILES string of the molecule is O=C(CCC(=O)C1CCCCCCCC1)NCC(=O)NCC(=O)ON1C(=O)CCC1=O. The smallest absolute Gasteiger partial charge is 0.347 e. The van der Waals surface area contributed by atoms with Crippen LogP contribution in [0.4, 0.5) is 0 Å². The van der Waals surface area contributed by atoms with Gasteiger partial charge in [0.05, 0.1) is 6.54 Å². The summed E-state index contributed by atoms with van der Waals surface area (Å²) in [5, 5.41) is 5.04. The lowest BCUT2D eigenvalue weighted by Crippen LogP contribution is -2.41. The molecule has 10 heteroatoms. The quantitative estimate of drug-likeness (QED) is 0.512. The molecule has 1 aliphatic carbocycles. The molecule has 0 aromatic carbocycles. The molecule has 2 aliphatic rings. The molecular formula is C21H31N3O7. The molecule has 0 spiro atoms. The minimum Gasteiger partial charge on any atom is -0.347 e. The van der Waals surface area contributed by atoms with Gasteiger partial charge in [-0.3, -0.25) is 24.0 Å². The summed E-state index contributed by atoms with van der Waals surface area (Å²) in [6.45, 7) is -0.906. The van der Waals surface area contributed by atoms with E-state index in [9.17, 15) is 28.8 Å². The van der Waals surface area contributed by atoms with Crippen molar-refractivity contribution in [1.82, 2.24) is 15.7 Å². The van der Waals surface area contributed by atoms with Crippen LogP contribution in [0.3, 0.4) is 0 Å². The molecule has 0 unspecified atom stereocenters. The second-order valence-electron chi connectivity index (χ2n) is 7.96. The Morgan fingerprint density at radius 2 is 1.32 bits per heavy atom. The Morgan fingerprint density at radius 1 is 0.774 bits per heavy atom. The summed E-state index contributed by atoms with van der Waals surface area (Å²) in [4.78, 5) is 75.1. The summed E-state index contributed by atoms with van der Waals surface area (Å²) in [5.41, 5.74) is 0. The van der Waals surface area contributed by atoms with Gasteiger partial charge in [0.15, 0.2) is 0 Å². The van der Waals surface area contributed by atoms with Crippen LogP contribution in [0.5, 0.6) is 0 Å². The topological polar surface area (TPSA) is 139 Å². The van der Waals surface area contributed by atoms with Crippen molar-refractivity contribution < 1.29 is 33.6 Å². The lowest BCUT2D eigenvalue weighted by atomic mass is 9.90. The van der Waals surface area contributed by atoms with E-state index in [1.807, 2.05) is 0 Å². The maximum atomic E-state index is 12.4. The first-order chi connectivity index (χ1) is 14.9. The standard InChI is InChI=1S/C21H31N3O7/c25-16(15-7-5-3-1-2-4-6-8-15)9-10-17(26)22-13-18(27)23-14-21(30)31-24-19(28)11-12-20(24)29/h15H,1-14H2,(H,22,26)(H,23,27). The van der Waals surface area contributed by atoms with Gasteiger partial charge < -0.3 is 15.5 Å². The van der Waals surface area contributed by atoms with E-state index < -0.39 is 36.1 Å². The molecule has 1 saturated carbocycles. The van der Waals surface area contributed by atoms with E-state index in [2.05, 4.69) is 15.5 Å². The number of hydrogen-bond donors (Lipinski definition) is 2. The molecule has 1 saturated heterocycles. The maximum absolute atomic E-state index is 12.4. The highest BCUT2D eigenvalue weighted by Gasteiger charge is 2.32. The summed E-state index contributed by atoms with van der Waals surface area (Å²) < 4.78 is 0. The average Bonchev–Trinajstić information content (AvgIpc) is 3.13. The van der Waals surface area contributed by atoms with Crippen LogP contribution >= 0.6 is 0 Å². The lowest BCUT2D eigenvalue weighted by molar-refractivity contribution is -0.196. The van der Waals surface area contributed by atoms with Crippen LogP contribution in [0.25, 0.3) is 0 Å².